The second-order valence-electron chi connectivity index (χ2n) is 6.24. The van der Waals surface area contributed by atoms with E-state index in [9.17, 15) is 9.59 Å². The lowest BCUT2D eigenvalue weighted by Gasteiger charge is -2.19. The van der Waals surface area contributed by atoms with Gasteiger partial charge in [0, 0.05) is 21.9 Å². The van der Waals surface area contributed by atoms with Crippen LogP contribution in [0.1, 0.15) is 20.7 Å². The molecule has 0 aliphatic heterocycles. The maximum atomic E-state index is 13.2. The number of benzene rings is 3. The van der Waals surface area contributed by atoms with E-state index in [1.165, 1.54) is 0 Å². The lowest BCUT2D eigenvalue weighted by molar-refractivity contribution is 0.0994. The lowest BCUT2D eigenvalue weighted by atomic mass is 9.92. The lowest BCUT2D eigenvalue weighted by Crippen LogP contribution is -2.22. The van der Waals surface area contributed by atoms with Crippen LogP contribution in [0.2, 0.25) is 0 Å². The molecule has 0 N–H and O–H groups in total. The Kier molecular flexibility index (Phi) is 3.15. The zero-order valence-corrected chi connectivity index (χ0v) is 14.3. The first kappa shape index (κ1) is 15.1. The minimum atomic E-state index is -0.321. The van der Waals surface area contributed by atoms with Gasteiger partial charge in [-0.05, 0) is 12.1 Å². The molecular formula is C22H12ClNO2. The Balaban J connectivity index is 1.93. The smallest absolute Gasteiger partial charge is 0.212 e. The van der Waals surface area contributed by atoms with Gasteiger partial charge in [0.2, 0.25) is 11.6 Å². The van der Waals surface area contributed by atoms with Crippen LogP contribution in [-0.2, 0) is 0 Å². The van der Waals surface area contributed by atoms with Crippen LogP contribution in [0, 0.1) is 0 Å². The average Bonchev–Trinajstić information content (AvgIpc) is 3.01. The molecule has 0 bridgehead atoms. The van der Waals surface area contributed by atoms with Crippen molar-refractivity contribution in [2.45, 2.75) is 0 Å². The van der Waals surface area contributed by atoms with Gasteiger partial charge in [-0.15, -0.1) is 0 Å². The molecule has 5 rings (SSSR count). The third-order valence-electron chi connectivity index (χ3n) is 4.84. The van der Waals surface area contributed by atoms with Crippen molar-refractivity contribution in [3.8, 4) is 0 Å². The average molecular weight is 358 g/mol. The SMILES string of the molecule is O=C1C(Cl)=C(n2c3ccccc3c3ccccc32)C(=O)c2ccccc21. The van der Waals surface area contributed by atoms with Crippen molar-refractivity contribution in [1.29, 1.82) is 0 Å². The number of aromatic nitrogens is 1. The fourth-order valence-corrected chi connectivity index (χ4v) is 3.97. The van der Waals surface area contributed by atoms with E-state index in [0.29, 0.717) is 11.1 Å². The largest absolute Gasteiger partial charge is 0.304 e. The zero-order chi connectivity index (χ0) is 17.8. The first-order chi connectivity index (χ1) is 12.7. The third-order valence-corrected chi connectivity index (χ3v) is 5.19. The molecule has 1 aromatic heterocycles. The van der Waals surface area contributed by atoms with Gasteiger partial charge in [-0.2, -0.15) is 0 Å². The van der Waals surface area contributed by atoms with Crippen LogP contribution in [0.25, 0.3) is 27.5 Å². The van der Waals surface area contributed by atoms with Crippen molar-refractivity contribution in [2.24, 2.45) is 0 Å². The van der Waals surface area contributed by atoms with E-state index in [-0.39, 0.29) is 22.3 Å². The summed E-state index contributed by atoms with van der Waals surface area (Å²) in [6.07, 6.45) is 0. The highest BCUT2D eigenvalue weighted by Crippen LogP contribution is 2.37. The molecule has 0 saturated carbocycles. The predicted molar refractivity (Wildman–Crippen MR) is 104 cm³/mol. The van der Waals surface area contributed by atoms with Crippen LogP contribution in [0.3, 0.4) is 0 Å². The molecule has 1 heterocycles. The van der Waals surface area contributed by atoms with Crippen LogP contribution in [0.5, 0.6) is 0 Å². The van der Waals surface area contributed by atoms with Crippen molar-refractivity contribution in [2.75, 3.05) is 0 Å². The summed E-state index contributed by atoms with van der Waals surface area (Å²) in [6.45, 7) is 0. The molecule has 0 unspecified atom stereocenters. The quantitative estimate of drug-likeness (QED) is 0.465. The zero-order valence-electron chi connectivity index (χ0n) is 13.6. The second kappa shape index (κ2) is 5.41. The van der Waals surface area contributed by atoms with Crippen LogP contribution in [-0.4, -0.2) is 16.1 Å². The standard InChI is InChI=1S/C22H12ClNO2/c23-19-20(22(26)16-10-2-1-9-15(16)21(19)25)24-17-11-5-3-7-13(17)14-8-4-6-12-18(14)24/h1-12H. The number of nitrogens with zero attached hydrogens (tertiary/aromatic N) is 1. The van der Waals surface area contributed by atoms with Gasteiger partial charge in [-0.25, -0.2) is 0 Å². The number of Topliss-reactive ketones (excluding diaryl/α,β-unsaturated/α-hetero) is 2. The van der Waals surface area contributed by atoms with Gasteiger partial charge in [0.05, 0.1) is 11.0 Å². The molecule has 3 nitrogen and oxygen atoms in total. The van der Waals surface area contributed by atoms with Crippen LogP contribution < -0.4 is 0 Å². The van der Waals surface area contributed by atoms with E-state index < -0.39 is 0 Å². The topological polar surface area (TPSA) is 39.1 Å². The Labute approximate surface area is 154 Å². The molecule has 1 aliphatic rings. The number of carbonyl (C=O) groups is 2. The molecule has 0 amide bonds. The van der Waals surface area contributed by atoms with E-state index in [1.54, 1.807) is 24.3 Å². The normalized spacial score (nSPS) is 14.3. The third kappa shape index (κ3) is 1.89. The predicted octanol–water partition coefficient (Wildman–Crippen LogP) is 5.28. The number of hydrogen-bond acceptors (Lipinski definition) is 2. The summed E-state index contributed by atoms with van der Waals surface area (Å²) in [4.78, 5) is 26.0. The van der Waals surface area contributed by atoms with Crippen LogP contribution in [0.4, 0.5) is 0 Å². The number of para-hydroxylation sites is 2. The molecule has 0 atom stereocenters. The Bertz CT molecular complexity index is 1230. The summed E-state index contributed by atoms with van der Waals surface area (Å²) in [5.74, 6) is -0.560. The van der Waals surface area contributed by atoms with Gasteiger partial charge in [0.15, 0.2) is 0 Å². The Morgan fingerprint density at radius 2 is 1.08 bits per heavy atom. The molecule has 0 radical (unpaired) electrons. The van der Waals surface area contributed by atoms with Crippen LogP contribution in [0.15, 0.2) is 77.8 Å². The molecular weight excluding hydrogens is 346 g/mol. The summed E-state index contributed by atoms with van der Waals surface area (Å²) >= 11 is 6.44. The molecule has 4 aromatic rings. The van der Waals surface area contributed by atoms with E-state index >= 15 is 0 Å². The maximum Gasteiger partial charge on any atom is 0.212 e. The Morgan fingerprint density at radius 3 is 1.65 bits per heavy atom. The van der Waals surface area contributed by atoms with Gasteiger partial charge >= 0.3 is 0 Å². The fraction of sp³-hybridized carbons (Fsp3) is 0. The van der Waals surface area contributed by atoms with Gasteiger partial charge in [-0.3, -0.25) is 9.59 Å². The monoisotopic (exact) mass is 357 g/mol. The molecule has 0 saturated heterocycles. The fourth-order valence-electron chi connectivity index (χ4n) is 3.70. The highest BCUT2D eigenvalue weighted by atomic mass is 35.5. The number of allylic oxidation sites excluding steroid dienone is 2. The molecule has 4 heteroatoms. The molecule has 26 heavy (non-hydrogen) atoms. The number of carbonyl (C=O) groups excluding carboxylic acids is 2. The van der Waals surface area contributed by atoms with Crippen molar-refractivity contribution in [3.05, 3.63) is 89.0 Å². The summed E-state index contributed by atoms with van der Waals surface area (Å²) in [6, 6.07) is 22.4. The van der Waals surface area contributed by atoms with Gasteiger partial charge in [-0.1, -0.05) is 72.3 Å². The molecule has 0 spiro atoms. The summed E-state index contributed by atoms with van der Waals surface area (Å²) < 4.78 is 1.81. The highest BCUT2D eigenvalue weighted by Gasteiger charge is 2.33. The van der Waals surface area contributed by atoms with Gasteiger partial charge in [0.25, 0.3) is 0 Å². The van der Waals surface area contributed by atoms with Crippen molar-refractivity contribution < 1.29 is 9.59 Å². The van der Waals surface area contributed by atoms with Crippen molar-refractivity contribution in [3.63, 3.8) is 0 Å². The molecule has 3 aromatic carbocycles. The van der Waals surface area contributed by atoms with E-state index in [1.807, 2.05) is 53.1 Å². The first-order valence-electron chi connectivity index (χ1n) is 8.25. The first-order valence-corrected chi connectivity index (χ1v) is 8.63. The van der Waals surface area contributed by atoms with Gasteiger partial charge in [0.1, 0.15) is 10.7 Å². The number of halogens is 1. The highest BCUT2D eigenvalue weighted by molar-refractivity contribution is 6.55. The minimum absolute atomic E-state index is 0.0415. The number of ketones is 2. The van der Waals surface area contributed by atoms with Crippen molar-refractivity contribution in [1.82, 2.24) is 4.57 Å². The minimum Gasteiger partial charge on any atom is -0.304 e. The Hall–Kier alpha value is -3.17. The molecule has 1 aliphatic carbocycles. The number of fused-ring (bicyclic) bond motifs is 4. The summed E-state index contributed by atoms with van der Waals surface area (Å²) in [7, 11) is 0. The summed E-state index contributed by atoms with van der Waals surface area (Å²) in [5.41, 5.74) is 2.66. The summed E-state index contributed by atoms with van der Waals surface area (Å²) in [5, 5.41) is 1.98. The van der Waals surface area contributed by atoms with Gasteiger partial charge < -0.3 is 4.57 Å². The number of rotatable bonds is 1. The van der Waals surface area contributed by atoms with E-state index in [0.717, 1.165) is 21.8 Å². The second-order valence-corrected chi connectivity index (χ2v) is 6.61. The molecule has 124 valence electrons. The van der Waals surface area contributed by atoms with Crippen molar-refractivity contribution >= 4 is 50.7 Å². The molecule has 0 fully saturated rings. The Morgan fingerprint density at radius 1 is 0.615 bits per heavy atom. The van der Waals surface area contributed by atoms with E-state index in [2.05, 4.69) is 0 Å². The maximum absolute atomic E-state index is 13.2. The van der Waals surface area contributed by atoms with Crippen LogP contribution >= 0.6 is 11.6 Å². The van der Waals surface area contributed by atoms with E-state index in [4.69, 9.17) is 11.6 Å². The number of hydrogen-bond donors (Lipinski definition) is 0.